The fourth-order valence-corrected chi connectivity index (χ4v) is 3.72. The van der Waals surface area contributed by atoms with Crippen LogP contribution in [0, 0.1) is 11.8 Å². The lowest BCUT2D eigenvalue weighted by Gasteiger charge is -2.27. The number of allylic oxidation sites excluding steroid dienone is 1. The van der Waals surface area contributed by atoms with Crippen molar-refractivity contribution in [1.29, 1.82) is 0 Å². The van der Waals surface area contributed by atoms with E-state index in [0.717, 1.165) is 44.0 Å². The Morgan fingerprint density at radius 2 is 1.62 bits per heavy atom. The van der Waals surface area contributed by atoms with Gasteiger partial charge in [-0.2, -0.15) is 0 Å². The summed E-state index contributed by atoms with van der Waals surface area (Å²) in [6.07, 6.45) is 6.45. The summed E-state index contributed by atoms with van der Waals surface area (Å²) >= 11 is 0. The van der Waals surface area contributed by atoms with Crippen molar-refractivity contribution in [3.8, 4) is 0 Å². The van der Waals surface area contributed by atoms with Gasteiger partial charge in [-0.05, 0) is 61.5 Å². The molecule has 4 nitrogen and oxygen atoms in total. The molecule has 0 radical (unpaired) electrons. The molecule has 2 N–H and O–H groups in total. The number of nitrogens with two attached hydrogens (primary N) is 1. The van der Waals surface area contributed by atoms with Crippen LogP contribution in [0.1, 0.15) is 64.7 Å². The summed E-state index contributed by atoms with van der Waals surface area (Å²) in [7, 11) is 1.82. The molecule has 0 saturated heterocycles. The van der Waals surface area contributed by atoms with Gasteiger partial charge in [0.05, 0.1) is 5.71 Å². The molecule has 0 fully saturated rings. The summed E-state index contributed by atoms with van der Waals surface area (Å²) in [5, 5.41) is 0. The van der Waals surface area contributed by atoms with Crippen LogP contribution in [0.2, 0.25) is 0 Å². The highest BCUT2D eigenvalue weighted by molar-refractivity contribution is 6.09. The molecule has 0 saturated carbocycles. The number of aliphatic imine (C=N–C) groups is 1. The Morgan fingerprint density at radius 1 is 1.03 bits per heavy atom. The molecule has 0 bridgehead atoms. The predicted octanol–water partition coefficient (Wildman–Crippen LogP) is 6.54. The lowest BCUT2D eigenvalue weighted by Crippen LogP contribution is -2.31. The van der Waals surface area contributed by atoms with E-state index in [1.165, 1.54) is 30.0 Å². The molecule has 2 rings (SSSR count). The first-order valence-corrected chi connectivity index (χ1v) is 12.5. The highest BCUT2D eigenvalue weighted by atomic mass is 16.1. The van der Waals surface area contributed by atoms with Gasteiger partial charge in [0, 0.05) is 25.7 Å². The average Bonchev–Trinajstić information content (AvgIpc) is 2.84. The average molecular weight is 466 g/mol. The number of rotatable bonds is 11. The summed E-state index contributed by atoms with van der Waals surface area (Å²) in [6, 6.07) is 19.4. The first kappa shape index (κ1) is 31.3. The fraction of sp³-hybridized carbons (Fsp3) is 0.467. The summed E-state index contributed by atoms with van der Waals surface area (Å²) in [4.78, 5) is 15.8. The molecule has 2 aromatic carbocycles. The Kier molecular flexibility index (Phi) is 18.1. The molecule has 0 amide bonds. The zero-order valence-corrected chi connectivity index (χ0v) is 22.5. The van der Waals surface area contributed by atoms with E-state index in [0.29, 0.717) is 5.92 Å². The third-order valence-electron chi connectivity index (χ3n) is 5.20. The van der Waals surface area contributed by atoms with Crippen molar-refractivity contribution in [2.75, 3.05) is 20.1 Å². The Bertz CT molecular complexity index is 828. The van der Waals surface area contributed by atoms with Crippen LogP contribution in [0.5, 0.6) is 0 Å². The largest absolute Gasteiger partial charge is 0.405 e. The minimum atomic E-state index is 0.548. The van der Waals surface area contributed by atoms with Gasteiger partial charge in [0.25, 0.3) is 0 Å². The van der Waals surface area contributed by atoms with Crippen molar-refractivity contribution in [2.45, 2.75) is 60.9 Å². The first-order chi connectivity index (χ1) is 16.4. The maximum atomic E-state index is 8.81. The molecular formula is C30H47N3O. The molecule has 0 aliphatic carbocycles. The number of hydrogen-bond donors (Lipinski definition) is 1. The third kappa shape index (κ3) is 13.1. The van der Waals surface area contributed by atoms with E-state index >= 15 is 0 Å². The SMILES string of the molecule is CC.CC=O.CN=C(/C=C\N)c1ccccc1C[C@@H](C)CN(CCC(C)C)Cc1ccccc1. The van der Waals surface area contributed by atoms with E-state index in [9.17, 15) is 0 Å². The first-order valence-electron chi connectivity index (χ1n) is 12.5. The monoisotopic (exact) mass is 465 g/mol. The van der Waals surface area contributed by atoms with Gasteiger partial charge < -0.3 is 10.5 Å². The van der Waals surface area contributed by atoms with Crippen molar-refractivity contribution >= 4 is 12.0 Å². The van der Waals surface area contributed by atoms with Crippen molar-refractivity contribution in [2.24, 2.45) is 22.6 Å². The van der Waals surface area contributed by atoms with Crippen LogP contribution in [0.15, 0.2) is 71.9 Å². The Labute approximate surface area is 209 Å². The van der Waals surface area contributed by atoms with Crippen LogP contribution in [0.3, 0.4) is 0 Å². The van der Waals surface area contributed by atoms with Gasteiger partial charge in [-0.1, -0.05) is 89.2 Å². The minimum absolute atomic E-state index is 0.548. The number of carbonyl (C=O) groups excluding carboxylic acids is 1. The van der Waals surface area contributed by atoms with Crippen molar-refractivity contribution in [3.05, 3.63) is 83.6 Å². The third-order valence-corrected chi connectivity index (χ3v) is 5.20. The van der Waals surface area contributed by atoms with Gasteiger partial charge in [0.2, 0.25) is 0 Å². The van der Waals surface area contributed by atoms with Crippen molar-refractivity contribution in [3.63, 3.8) is 0 Å². The normalized spacial score (nSPS) is 12.1. The molecule has 188 valence electrons. The maximum Gasteiger partial charge on any atom is 0.116 e. The standard InChI is InChI=1S/C26H37N3.C2H4O.C2H6/c1-21(2)15-17-29(20-23-10-6-5-7-11-23)19-22(3)18-24-12-8-9-13-25(24)26(28-4)14-16-27;1-2-3;1-2/h5-14,16,21-22H,15,17-20,27H2,1-4H3;2H,1H3;1-2H3/b16-14-,28-26?;;/t22-;;/m1../s1. The van der Waals surface area contributed by atoms with Gasteiger partial charge in [0.1, 0.15) is 6.29 Å². The van der Waals surface area contributed by atoms with Gasteiger partial charge >= 0.3 is 0 Å². The minimum Gasteiger partial charge on any atom is -0.405 e. The van der Waals surface area contributed by atoms with Gasteiger partial charge in [-0.15, -0.1) is 0 Å². The Balaban J connectivity index is 0.00000201. The zero-order chi connectivity index (χ0) is 25.8. The molecular weight excluding hydrogens is 418 g/mol. The second-order valence-corrected chi connectivity index (χ2v) is 8.57. The molecule has 0 spiro atoms. The van der Waals surface area contributed by atoms with Crippen LogP contribution < -0.4 is 5.73 Å². The molecule has 0 aliphatic rings. The molecule has 0 aromatic heterocycles. The number of aldehydes is 1. The van der Waals surface area contributed by atoms with E-state index in [1.54, 1.807) is 6.20 Å². The van der Waals surface area contributed by atoms with Crippen LogP contribution in [-0.4, -0.2) is 37.0 Å². The van der Waals surface area contributed by atoms with Crippen LogP contribution in [0.4, 0.5) is 0 Å². The number of benzene rings is 2. The van der Waals surface area contributed by atoms with E-state index < -0.39 is 0 Å². The van der Waals surface area contributed by atoms with E-state index in [-0.39, 0.29) is 0 Å². The van der Waals surface area contributed by atoms with E-state index in [4.69, 9.17) is 10.5 Å². The molecule has 0 unspecified atom stereocenters. The molecule has 0 aliphatic heterocycles. The number of carbonyl (C=O) groups is 1. The summed E-state index contributed by atoms with van der Waals surface area (Å²) in [5.41, 5.74) is 10.5. The van der Waals surface area contributed by atoms with Crippen LogP contribution in [0.25, 0.3) is 0 Å². The van der Waals surface area contributed by atoms with Crippen molar-refractivity contribution < 1.29 is 4.79 Å². The summed E-state index contributed by atoms with van der Waals surface area (Å²) in [5.74, 6) is 1.27. The quantitative estimate of drug-likeness (QED) is 0.303. The second-order valence-electron chi connectivity index (χ2n) is 8.57. The summed E-state index contributed by atoms with van der Waals surface area (Å²) < 4.78 is 0. The van der Waals surface area contributed by atoms with E-state index in [2.05, 4.69) is 85.3 Å². The highest BCUT2D eigenvalue weighted by Crippen LogP contribution is 2.18. The number of nitrogens with zero attached hydrogens (tertiary/aromatic N) is 2. The topological polar surface area (TPSA) is 58.7 Å². The molecule has 4 heteroatoms. The zero-order valence-electron chi connectivity index (χ0n) is 22.5. The maximum absolute atomic E-state index is 8.81. The van der Waals surface area contributed by atoms with Gasteiger partial charge in [-0.25, -0.2) is 0 Å². The molecule has 2 aromatic rings. The predicted molar refractivity (Wildman–Crippen MR) is 149 cm³/mol. The Morgan fingerprint density at radius 3 is 2.18 bits per heavy atom. The van der Waals surface area contributed by atoms with Crippen LogP contribution >= 0.6 is 0 Å². The molecule has 34 heavy (non-hydrogen) atoms. The fourth-order valence-electron chi connectivity index (χ4n) is 3.72. The van der Waals surface area contributed by atoms with Crippen molar-refractivity contribution in [1.82, 2.24) is 4.90 Å². The molecule has 0 heterocycles. The highest BCUT2D eigenvalue weighted by Gasteiger charge is 2.15. The summed E-state index contributed by atoms with van der Waals surface area (Å²) in [6.45, 7) is 15.6. The molecule has 1 atom stereocenters. The van der Waals surface area contributed by atoms with Crippen LogP contribution in [-0.2, 0) is 17.8 Å². The van der Waals surface area contributed by atoms with Gasteiger partial charge in [-0.3, -0.25) is 9.89 Å². The second kappa shape index (κ2) is 19.7. The lowest BCUT2D eigenvalue weighted by molar-refractivity contribution is -0.106. The lowest BCUT2D eigenvalue weighted by atomic mass is 9.93. The smallest absolute Gasteiger partial charge is 0.116 e. The van der Waals surface area contributed by atoms with E-state index in [1.807, 2.05) is 27.0 Å². The Hall–Kier alpha value is -2.72. The number of hydrogen-bond acceptors (Lipinski definition) is 4. The van der Waals surface area contributed by atoms with Gasteiger partial charge in [0.15, 0.2) is 0 Å².